The lowest BCUT2D eigenvalue weighted by Gasteiger charge is -2.33. The minimum atomic E-state index is -0.996. The van der Waals surface area contributed by atoms with Gasteiger partial charge in [0.2, 0.25) is 0 Å². The lowest BCUT2D eigenvalue weighted by Crippen LogP contribution is -2.56. The van der Waals surface area contributed by atoms with Crippen LogP contribution in [0.4, 0.5) is 0 Å². The lowest BCUT2D eigenvalue weighted by molar-refractivity contribution is -0.142. The molecule has 96 valence electrons. The Morgan fingerprint density at radius 2 is 2.00 bits per heavy atom. The fraction of sp³-hybridized carbons (Fsp3) is 0.333. The van der Waals surface area contributed by atoms with Crippen molar-refractivity contribution in [3.63, 3.8) is 0 Å². The van der Waals surface area contributed by atoms with Gasteiger partial charge in [0.25, 0.3) is 5.91 Å². The standard InChI is InChI=1S/C12H13ClN2O3/c13-9-3-1-8(2-4-9)11(16)15-6-5-14-7-10(15)12(17)18/h1-4,10,14H,5-7H2,(H,17,18). The van der Waals surface area contributed by atoms with E-state index >= 15 is 0 Å². The topological polar surface area (TPSA) is 69.6 Å². The molecule has 6 heteroatoms. The molecule has 0 bridgehead atoms. The number of hydrogen-bond acceptors (Lipinski definition) is 3. The van der Waals surface area contributed by atoms with Gasteiger partial charge in [0.1, 0.15) is 6.04 Å². The minimum absolute atomic E-state index is 0.272. The third kappa shape index (κ3) is 2.63. The number of hydrogen-bond donors (Lipinski definition) is 2. The van der Waals surface area contributed by atoms with Gasteiger partial charge in [-0.1, -0.05) is 11.6 Å². The highest BCUT2D eigenvalue weighted by Crippen LogP contribution is 2.14. The Balaban J connectivity index is 2.20. The van der Waals surface area contributed by atoms with E-state index in [2.05, 4.69) is 5.32 Å². The van der Waals surface area contributed by atoms with Crippen molar-refractivity contribution in [3.8, 4) is 0 Å². The number of rotatable bonds is 2. The smallest absolute Gasteiger partial charge is 0.327 e. The van der Waals surface area contributed by atoms with Crippen LogP contribution in [0.25, 0.3) is 0 Å². The summed E-state index contributed by atoms with van der Waals surface area (Å²) < 4.78 is 0. The summed E-state index contributed by atoms with van der Waals surface area (Å²) in [7, 11) is 0. The van der Waals surface area contributed by atoms with Crippen LogP contribution >= 0.6 is 11.6 Å². The Labute approximate surface area is 109 Å². The first-order valence-corrected chi connectivity index (χ1v) is 5.97. The summed E-state index contributed by atoms with van der Waals surface area (Å²) in [5, 5.41) is 12.6. The highest BCUT2D eigenvalue weighted by atomic mass is 35.5. The first-order valence-electron chi connectivity index (χ1n) is 5.59. The molecule has 1 saturated heterocycles. The molecule has 1 fully saturated rings. The van der Waals surface area contributed by atoms with Gasteiger partial charge in [-0.2, -0.15) is 0 Å². The second-order valence-corrected chi connectivity index (χ2v) is 4.50. The zero-order valence-electron chi connectivity index (χ0n) is 9.60. The van der Waals surface area contributed by atoms with Crippen molar-refractivity contribution in [1.82, 2.24) is 10.2 Å². The molecule has 1 amide bonds. The molecule has 1 aromatic carbocycles. The highest BCUT2D eigenvalue weighted by Gasteiger charge is 2.32. The summed E-state index contributed by atoms with van der Waals surface area (Å²) in [6.07, 6.45) is 0. The van der Waals surface area contributed by atoms with E-state index < -0.39 is 12.0 Å². The van der Waals surface area contributed by atoms with Gasteiger partial charge in [-0.3, -0.25) is 4.79 Å². The molecule has 2 N–H and O–H groups in total. The maximum Gasteiger partial charge on any atom is 0.327 e. The van der Waals surface area contributed by atoms with Crippen LogP contribution in [0.15, 0.2) is 24.3 Å². The molecule has 1 atom stereocenters. The average molecular weight is 269 g/mol. The van der Waals surface area contributed by atoms with Crippen molar-refractivity contribution >= 4 is 23.5 Å². The number of benzene rings is 1. The van der Waals surface area contributed by atoms with Crippen LogP contribution < -0.4 is 5.32 Å². The summed E-state index contributed by atoms with van der Waals surface area (Å²) in [5.41, 5.74) is 0.451. The van der Waals surface area contributed by atoms with Crippen molar-refractivity contribution < 1.29 is 14.7 Å². The molecule has 1 unspecified atom stereocenters. The van der Waals surface area contributed by atoms with Gasteiger partial charge in [0, 0.05) is 30.2 Å². The first-order chi connectivity index (χ1) is 8.59. The van der Waals surface area contributed by atoms with Crippen LogP contribution in [0.3, 0.4) is 0 Å². The summed E-state index contributed by atoms with van der Waals surface area (Å²) in [5.74, 6) is -1.27. The fourth-order valence-electron chi connectivity index (χ4n) is 1.93. The third-order valence-corrected chi connectivity index (χ3v) is 3.13. The number of carboxylic acid groups (broad SMARTS) is 1. The van der Waals surface area contributed by atoms with Crippen LogP contribution in [0.1, 0.15) is 10.4 Å². The fourth-order valence-corrected chi connectivity index (χ4v) is 2.05. The number of carbonyl (C=O) groups is 2. The van der Waals surface area contributed by atoms with Crippen molar-refractivity contribution in [2.24, 2.45) is 0 Å². The number of piperazine rings is 1. The lowest BCUT2D eigenvalue weighted by atomic mass is 10.1. The van der Waals surface area contributed by atoms with E-state index in [0.29, 0.717) is 23.7 Å². The van der Waals surface area contributed by atoms with Gasteiger partial charge in [0.05, 0.1) is 0 Å². The number of amides is 1. The van der Waals surface area contributed by atoms with Gasteiger partial charge < -0.3 is 15.3 Å². The van der Waals surface area contributed by atoms with Crippen molar-refractivity contribution in [3.05, 3.63) is 34.9 Å². The Bertz CT molecular complexity index is 461. The number of carboxylic acids is 1. The van der Waals surface area contributed by atoms with Crippen molar-refractivity contribution in [1.29, 1.82) is 0 Å². The second kappa shape index (κ2) is 5.37. The molecule has 1 heterocycles. The van der Waals surface area contributed by atoms with E-state index in [1.165, 1.54) is 4.90 Å². The number of nitrogens with zero attached hydrogens (tertiary/aromatic N) is 1. The van der Waals surface area contributed by atoms with Gasteiger partial charge in [-0.15, -0.1) is 0 Å². The van der Waals surface area contributed by atoms with Crippen LogP contribution in [0.5, 0.6) is 0 Å². The Morgan fingerprint density at radius 3 is 2.61 bits per heavy atom. The molecule has 5 nitrogen and oxygen atoms in total. The zero-order valence-corrected chi connectivity index (χ0v) is 10.4. The van der Waals surface area contributed by atoms with Crippen LogP contribution in [0.2, 0.25) is 5.02 Å². The Kier molecular flexibility index (Phi) is 3.84. The molecule has 1 aromatic rings. The molecule has 0 aliphatic carbocycles. The highest BCUT2D eigenvalue weighted by molar-refractivity contribution is 6.30. The summed E-state index contributed by atoms with van der Waals surface area (Å²) in [6.45, 7) is 1.26. The van der Waals surface area contributed by atoms with E-state index in [-0.39, 0.29) is 12.5 Å². The number of nitrogens with one attached hydrogen (secondary N) is 1. The summed E-state index contributed by atoms with van der Waals surface area (Å²) in [6, 6.07) is 5.62. The van der Waals surface area contributed by atoms with Gasteiger partial charge >= 0.3 is 5.97 Å². The van der Waals surface area contributed by atoms with Gasteiger partial charge in [0.15, 0.2) is 0 Å². The molecule has 0 saturated carbocycles. The van der Waals surface area contributed by atoms with Gasteiger partial charge in [-0.25, -0.2) is 4.79 Å². The molecular weight excluding hydrogens is 256 g/mol. The third-order valence-electron chi connectivity index (χ3n) is 2.88. The summed E-state index contributed by atoms with van der Waals surface area (Å²) >= 11 is 5.75. The monoisotopic (exact) mass is 268 g/mol. The maximum atomic E-state index is 12.2. The SMILES string of the molecule is O=C(O)C1CNCCN1C(=O)c1ccc(Cl)cc1. The second-order valence-electron chi connectivity index (χ2n) is 4.06. The van der Waals surface area contributed by atoms with E-state index in [9.17, 15) is 9.59 Å². The van der Waals surface area contributed by atoms with E-state index in [1.54, 1.807) is 24.3 Å². The minimum Gasteiger partial charge on any atom is -0.480 e. The van der Waals surface area contributed by atoms with Crippen LogP contribution in [0, 0.1) is 0 Å². The van der Waals surface area contributed by atoms with Crippen molar-refractivity contribution in [2.75, 3.05) is 19.6 Å². The Hall–Kier alpha value is -1.59. The van der Waals surface area contributed by atoms with E-state index in [1.807, 2.05) is 0 Å². The number of halogens is 1. The molecule has 1 aliphatic rings. The maximum absolute atomic E-state index is 12.2. The molecular formula is C12H13ClN2O3. The molecule has 2 rings (SSSR count). The molecule has 0 spiro atoms. The van der Waals surface area contributed by atoms with Crippen LogP contribution in [-0.4, -0.2) is 47.6 Å². The average Bonchev–Trinajstić information content (AvgIpc) is 2.39. The molecule has 0 aromatic heterocycles. The largest absolute Gasteiger partial charge is 0.480 e. The van der Waals surface area contributed by atoms with Crippen molar-refractivity contribution in [2.45, 2.75) is 6.04 Å². The van der Waals surface area contributed by atoms with Crippen LogP contribution in [-0.2, 0) is 4.79 Å². The zero-order chi connectivity index (χ0) is 13.1. The normalized spacial score (nSPS) is 19.6. The summed E-state index contributed by atoms with van der Waals surface area (Å²) in [4.78, 5) is 24.7. The quantitative estimate of drug-likeness (QED) is 0.834. The predicted octanol–water partition coefficient (Wildman–Crippen LogP) is 0.839. The van der Waals surface area contributed by atoms with E-state index in [0.717, 1.165) is 0 Å². The van der Waals surface area contributed by atoms with E-state index in [4.69, 9.17) is 16.7 Å². The molecule has 1 aliphatic heterocycles. The van der Waals surface area contributed by atoms with Gasteiger partial charge in [-0.05, 0) is 24.3 Å². The number of aliphatic carboxylic acids is 1. The molecule has 18 heavy (non-hydrogen) atoms. The Morgan fingerprint density at radius 1 is 1.33 bits per heavy atom. The number of carbonyl (C=O) groups excluding carboxylic acids is 1. The first kappa shape index (κ1) is 12.9. The predicted molar refractivity (Wildman–Crippen MR) is 66.8 cm³/mol. The molecule has 0 radical (unpaired) electrons.